The lowest BCUT2D eigenvalue weighted by atomic mass is 9.94. The number of esters is 1. The second kappa shape index (κ2) is 8.01. The summed E-state index contributed by atoms with van der Waals surface area (Å²) in [6.45, 7) is 2.08. The molecule has 0 radical (unpaired) electrons. The first-order chi connectivity index (χ1) is 12.5. The van der Waals surface area contributed by atoms with Crippen molar-refractivity contribution in [3.05, 3.63) is 46.9 Å². The van der Waals surface area contributed by atoms with Crippen molar-refractivity contribution in [2.24, 2.45) is 4.99 Å². The van der Waals surface area contributed by atoms with Crippen molar-refractivity contribution in [3.63, 3.8) is 0 Å². The summed E-state index contributed by atoms with van der Waals surface area (Å²) in [5, 5.41) is 0.557. The van der Waals surface area contributed by atoms with Crippen LogP contribution in [0.4, 0.5) is 4.39 Å². The smallest absolute Gasteiger partial charge is 0.338 e. The van der Waals surface area contributed by atoms with E-state index in [9.17, 15) is 14.0 Å². The number of hydrogen-bond donors (Lipinski definition) is 0. The van der Waals surface area contributed by atoms with E-state index in [0.29, 0.717) is 28.6 Å². The van der Waals surface area contributed by atoms with Gasteiger partial charge in [0.1, 0.15) is 12.4 Å². The minimum Gasteiger partial charge on any atom is -0.460 e. The molecule has 0 bridgehead atoms. The Kier molecular flexibility index (Phi) is 5.73. The minimum atomic E-state index is -0.682. The van der Waals surface area contributed by atoms with E-state index in [2.05, 4.69) is 4.99 Å². The van der Waals surface area contributed by atoms with Crippen LogP contribution in [0.25, 0.3) is 0 Å². The van der Waals surface area contributed by atoms with Crippen LogP contribution in [0.15, 0.2) is 40.5 Å². The van der Waals surface area contributed by atoms with Gasteiger partial charge in [0.15, 0.2) is 5.17 Å². The van der Waals surface area contributed by atoms with Gasteiger partial charge in [0, 0.05) is 19.3 Å². The SMILES string of the molecule is COCCOC(=O)C1=C(C)N=C2SCCC(=O)N2[C@@H]1c1ccc(F)cc1. The molecule has 0 aliphatic carbocycles. The molecule has 1 aromatic carbocycles. The van der Waals surface area contributed by atoms with Crippen molar-refractivity contribution in [1.29, 1.82) is 0 Å². The number of benzene rings is 1. The standard InChI is InChI=1S/C18H19FN2O4S/c1-11-15(17(23)25-9-8-24-2)16(12-3-5-13(19)6-4-12)21-14(22)7-10-26-18(21)20-11/h3-6,16H,7-10H2,1-2H3/t16-/m1/s1. The number of hydrogen-bond acceptors (Lipinski definition) is 6. The number of fused-ring (bicyclic) bond motifs is 1. The predicted molar refractivity (Wildman–Crippen MR) is 96.0 cm³/mol. The number of carbonyl (C=O) groups excluding carboxylic acids is 2. The molecule has 2 aliphatic rings. The molecule has 0 saturated carbocycles. The molecule has 138 valence electrons. The first-order valence-corrected chi connectivity index (χ1v) is 9.17. The Hall–Kier alpha value is -2.19. The number of rotatable bonds is 5. The van der Waals surface area contributed by atoms with Crippen molar-refractivity contribution in [2.45, 2.75) is 19.4 Å². The second-order valence-electron chi connectivity index (χ2n) is 5.84. The summed E-state index contributed by atoms with van der Waals surface area (Å²) in [6, 6.07) is 5.09. The minimum absolute atomic E-state index is 0.0987. The molecule has 1 amide bonds. The van der Waals surface area contributed by atoms with Gasteiger partial charge < -0.3 is 9.47 Å². The molecule has 8 heteroatoms. The van der Waals surface area contributed by atoms with E-state index in [1.165, 1.54) is 35.9 Å². The highest BCUT2D eigenvalue weighted by Crippen LogP contribution is 2.40. The molecule has 0 aromatic heterocycles. The van der Waals surface area contributed by atoms with Crippen LogP contribution in [0.2, 0.25) is 0 Å². The lowest BCUT2D eigenvalue weighted by Gasteiger charge is -2.38. The number of thioether (sulfide) groups is 1. The van der Waals surface area contributed by atoms with Gasteiger partial charge >= 0.3 is 5.97 Å². The maximum absolute atomic E-state index is 13.4. The van der Waals surface area contributed by atoms with Crippen LogP contribution in [0.3, 0.4) is 0 Å². The van der Waals surface area contributed by atoms with Gasteiger partial charge in [-0.2, -0.15) is 0 Å². The Labute approximate surface area is 155 Å². The molecule has 3 rings (SSSR count). The van der Waals surface area contributed by atoms with Gasteiger partial charge in [0.2, 0.25) is 5.91 Å². The molecule has 0 N–H and O–H groups in total. The lowest BCUT2D eigenvalue weighted by Crippen LogP contribution is -2.45. The molecular weight excluding hydrogens is 359 g/mol. The van der Waals surface area contributed by atoms with E-state index in [1.807, 2.05) is 0 Å². The van der Waals surface area contributed by atoms with Gasteiger partial charge in [-0.15, -0.1) is 0 Å². The lowest BCUT2D eigenvalue weighted by molar-refractivity contribution is -0.141. The van der Waals surface area contributed by atoms with E-state index < -0.39 is 12.0 Å². The maximum Gasteiger partial charge on any atom is 0.338 e. The zero-order chi connectivity index (χ0) is 18.7. The average Bonchev–Trinajstić information content (AvgIpc) is 2.61. The van der Waals surface area contributed by atoms with E-state index in [1.54, 1.807) is 19.1 Å². The van der Waals surface area contributed by atoms with Crippen LogP contribution >= 0.6 is 11.8 Å². The first kappa shape index (κ1) is 18.6. The van der Waals surface area contributed by atoms with Gasteiger partial charge in [0.05, 0.1) is 23.9 Å². The number of nitrogens with zero attached hydrogens (tertiary/aromatic N) is 2. The Morgan fingerprint density at radius 2 is 2.08 bits per heavy atom. The van der Waals surface area contributed by atoms with E-state index in [0.717, 1.165) is 0 Å². The molecule has 26 heavy (non-hydrogen) atoms. The molecule has 1 fully saturated rings. The monoisotopic (exact) mass is 378 g/mol. The third-order valence-electron chi connectivity index (χ3n) is 4.13. The van der Waals surface area contributed by atoms with Gasteiger partial charge in [-0.25, -0.2) is 14.2 Å². The third-order valence-corrected chi connectivity index (χ3v) is 5.09. The average molecular weight is 378 g/mol. The molecule has 1 aromatic rings. The summed E-state index contributed by atoms with van der Waals surface area (Å²) < 4.78 is 23.6. The highest BCUT2D eigenvalue weighted by molar-refractivity contribution is 8.14. The van der Waals surface area contributed by atoms with E-state index >= 15 is 0 Å². The van der Waals surface area contributed by atoms with Gasteiger partial charge in [-0.05, 0) is 24.6 Å². The molecule has 0 unspecified atom stereocenters. The fraction of sp³-hybridized carbons (Fsp3) is 0.389. The number of allylic oxidation sites excluding steroid dienone is 1. The largest absolute Gasteiger partial charge is 0.460 e. The number of aliphatic imine (C=N–C) groups is 1. The van der Waals surface area contributed by atoms with Crippen molar-refractivity contribution < 1.29 is 23.5 Å². The normalized spacial score (nSPS) is 20.0. The van der Waals surface area contributed by atoms with Crippen LogP contribution in [-0.2, 0) is 19.1 Å². The number of halogens is 1. The molecule has 2 aliphatic heterocycles. The quantitative estimate of drug-likeness (QED) is 0.582. The van der Waals surface area contributed by atoms with Crippen molar-refractivity contribution in [3.8, 4) is 0 Å². The van der Waals surface area contributed by atoms with Gasteiger partial charge in [-0.3, -0.25) is 9.69 Å². The molecule has 1 atom stereocenters. The Balaban J connectivity index is 2.03. The predicted octanol–water partition coefficient (Wildman–Crippen LogP) is 2.67. The van der Waals surface area contributed by atoms with Crippen molar-refractivity contribution >= 4 is 28.8 Å². The Morgan fingerprint density at radius 3 is 2.77 bits per heavy atom. The Morgan fingerprint density at radius 1 is 1.35 bits per heavy atom. The summed E-state index contributed by atoms with van der Waals surface area (Å²) in [7, 11) is 1.51. The van der Waals surface area contributed by atoms with Crippen LogP contribution in [0.5, 0.6) is 0 Å². The highest BCUT2D eigenvalue weighted by Gasteiger charge is 2.41. The van der Waals surface area contributed by atoms with E-state index in [4.69, 9.17) is 9.47 Å². The summed E-state index contributed by atoms with van der Waals surface area (Å²) in [5.41, 5.74) is 1.41. The molecule has 6 nitrogen and oxygen atoms in total. The summed E-state index contributed by atoms with van der Waals surface area (Å²) >= 11 is 1.47. The fourth-order valence-electron chi connectivity index (χ4n) is 2.91. The van der Waals surface area contributed by atoms with Crippen LogP contribution < -0.4 is 0 Å². The second-order valence-corrected chi connectivity index (χ2v) is 6.90. The van der Waals surface area contributed by atoms with Crippen molar-refractivity contribution in [1.82, 2.24) is 4.90 Å². The fourth-order valence-corrected chi connectivity index (χ4v) is 3.92. The zero-order valence-electron chi connectivity index (χ0n) is 14.5. The topological polar surface area (TPSA) is 68.2 Å². The molecule has 0 spiro atoms. The van der Waals surface area contributed by atoms with Crippen molar-refractivity contribution in [2.75, 3.05) is 26.1 Å². The van der Waals surface area contributed by atoms with E-state index in [-0.39, 0.29) is 30.5 Å². The number of amidine groups is 1. The summed E-state index contributed by atoms with van der Waals surface area (Å²) in [6.07, 6.45) is 0.354. The number of amides is 1. The molecular formula is C18H19FN2O4S. The third kappa shape index (κ3) is 3.66. The highest BCUT2D eigenvalue weighted by atomic mass is 32.2. The van der Waals surface area contributed by atoms with Gasteiger partial charge in [0.25, 0.3) is 0 Å². The zero-order valence-corrected chi connectivity index (χ0v) is 15.3. The van der Waals surface area contributed by atoms with Gasteiger partial charge in [-0.1, -0.05) is 23.9 Å². The van der Waals surface area contributed by atoms with Crippen LogP contribution in [0.1, 0.15) is 24.9 Å². The van der Waals surface area contributed by atoms with Crippen LogP contribution in [0, 0.1) is 5.82 Å². The number of methoxy groups -OCH3 is 1. The molecule has 2 heterocycles. The first-order valence-electron chi connectivity index (χ1n) is 8.18. The Bertz CT molecular complexity index is 776. The summed E-state index contributed by atoms with van der Waals surface area (Å²) in [4.78, 5) is 31.2. The number of carbonyl (C=O) groups is 2. The van der Waals surface area contributed by atoms with Crippen LogP contribution in [-0.4, -0.2) is 48.0 Å². The number of ether oxygens (including phenoxy) is 2. The maximum atomic E-state index is 13.4. The molecule has 1 saturated heterocycles. The summed E-state index contributed by atoms with van der Waals surface area (Å²) in [5.74, 6) is -0.417.